The van der Waals surface area contributed by atoms with Crippen molar-refractivity contribution < 1.29 is 12.3 Å². The Morgan fingerprint density at radius 3 is 2.18 bits per heavy atom. The van der Waals surface area contributed by atoms with Gasteiger partial charge in [-0.2, -0.15) is 15.2 Å². The average molecular weight is 509 g/mol. The van der Waals surface area contributed by atoms with Crippen molar-refractivity contribution in [1.82, 2.24) is 19.5 Å². The highest BCUT2D eigenvalue weighted by atomic mass is 15.2. The van der Waals surface area contributed by atoms with Gasteiger partial charge in [0.15, 0.2) is 11.6 Å². The molecule has 5 aromatic carbocycles. The maximum Gasteiger partial charge on any atom is 0.238 e. The van der Waals surface area contributed by atoms with E-state index in [0.717, 1.165) is 0 Å². The van der Waals surface area contributed by atoms with Gasteiger partial charge in [0.05, 0.1) is 35.0 Å². The first-order chi connectivity index (χ1) is 23.0. The molecule has 0 saturated carbocycles. The van der Waals surface area contributed by atoms with Crippen LogP contribution < -0.4 is 0 Å². The zero-order valence-electron chi connectivity index (χ0n) is 29.2. The summed E-state index contributed by atoms with van der Waals surface area (Å²) in [5.74, 6) is 0.466. The minimum absolute atomic E-state index is 0.00413. The summed E-state index contributed by atoms with van der Waals surface area (Å²) >= 11 is 0. The third-order valence-electron chi connectivity index (χ3n) is 6.30. The number of hydrogen-bond acceptors (Lipinski definition) is 4. The van der Waals surface area contributed by atoms with Crippen LogP contribution in [0, 0.1) is 11.3 Å². The Kier molecular flexibility index (Phi) is 3.59. The molecule has 0 fully saturated rings. The molecule has 2 heterocycles. The van der Waals surface area contributed by atoms with Gasteiger partial charge in [-0.3, -0.25) is 4.57 Å². The molecule has 0 unspecified atom stereocenters. The Hall–Kier alpha value is -5.60. The molecule has 0 aliphatic heterocycles. The van der Waals surface area contributed by atoms with Crippen molar-refractivity contribution in [2.75, 3.05) is 0 Å². The topological polar surface area (TPSA) is 67.4 Å². The normalized spacial score (nSPS) is 14.3. The number of para-hydroxylation sites is 1. The largest absolute Gasteiger partial charge is 0.278 e. The maximum absolute atomic E-state index is 9.56. The lowest BCUT2D eigenvalue weighted by atomic mass is 9.99. The van der Waals surface area contributed by atoms with E-state index in [2.05, 4.69) is 6.07 Å². The number of rotatable bonds is 4. The van der Waals surface area contributed by atoms with Gasteiger partial charge in [-0.25, -0.2) is 4.98 Å². The standard InChI is InChI=1S/C34H21N5/c35-22-23-11-9-16-26(21-23)33-36-32(25-14-5-2-6-15-25)37-34(38-33)39-29-19-8-7-17-28(29)31-27(18-10-20-30(31)39)24-12-3-1-4-13-24/h1-21H/i1D,3D,4D,7D,8D,12D,13D,17D,19D. The third-order valence-corrected chi connectivity index (χ3v) is 6.30. The quantitative estimate of drug-likeness (QED) is 0.243. The van der Waals surface area contributed by atoms with Crippen molar-refractivity contribution in [2.24, 2.45) is 0 Å². The van der Waals surface area contributed by atoms with E-state index in [-0.39, 0.29) is 57.1 Å². The first-order valence-corrected chi connectivity index (χ1v) is 12.0. The molecule has 0 bridgehead atoms. The fourth-order valence-electron chi connectivity index (χ4n) is 4.60. The highest BCUT2D eigenvalue weighted by Crippen LogP contribution is 2.38. The minimum atomic E-state index is -0.558. The average Bonchev–Trinajstić information content (AvgIpc) is 3.48. The smallest absolute Gasteiger partial charge is 0.238 e. The van der Waals surface area contributed by atoms with Crippen LogP contribution in [0.4, 0.5) is 0 Å². The SMILES string of the molecule is [2H]c1c([2H])c([2H])c(-c2cccc3c2c2c([2H])c([2H])c([2H])c([2H])c2n3-c2nc(-c3ccccc3)nc(-c3cccc(C#N)c3)n2)c([2H])c1[2H]. The Labute approximate surface area is 238 Å². The molecule has 0 radical (unpaired) electrons. The molecule has 0 atom stereocenters. The van der Waals surface area contributed by atoms with Gasteiger partial charge < -0.3 is 0 Å². The van der Waals surface area contributed by atoms with Crippen LogP contribution in [-0.2, 0) is 0 Å². The van der Waals surface area contributed by atoms with E-state index in [4.69, 9.17) is 27.3 Å². The predicted molar refractivity (Wildman–Crippen MR) is 155 cm³/mol. The molecule has 2 aromatic heterocycles. The number of benzene rings is 5. The summed E-state index contributed by atoms with van der Waals surface area (Å²) in [6.07, 6.45) is 0. The van der Waals surface area contributed by atoms with Crippen molar-refractivity contribution >= 4 is 21.8 Å². The molecule has 182 valence electrons. The fourth-order valence-corrected chi connectivity index (χ4v) is 4.60. The maximum atomic E-state index is 9.56. The van der Waals surface area contributed by atoms with Crippen LogP contribution in [0.3, 0.4) is 0 Å². The van der Waals surface area contributed by atoms with Crippen LogP contribution in [0.2, 0.25) is 0 Å². The second kappa shape index (κ2) is 9.37. The summed E-state index contributed by atoms with van der Waals surface area (Å²) in [5, 5.41) is 9.85. The molecule has 0 aliphatic rings. The number of aromatic nitrogens is 4. The molecule has 5 nitrogen and oxygen atoms in total. The molecule has 7 rings (SSSR count). The van der Waals surface area contributed by atoms with E-state index >= 15 is 0 Å². The van der Waals surface area contributed by atoms with Crippen LogP contribution >= 0.6 is 0 Å². The van der Waals surface area contributed by atoms with Crippen LogP contribution in [0.25, 0.3) is 61.7 Å². The molecule has 5 heteroatoms. The summed E-state index contributed by atoms with van der Waals surface area (Å²) < 4.78 is 78.6. The molecular weight excluding hydrogens is 478 g/mol. The lowest BCUT2D eigenvalue weighted by Crippen LogP contribution is -2.06. The number of nitrogens with zero attached hydrogens (tertiary/aromatic N) is 5. The van der Waals surface area contributed by atoms with E-state index in [1.165, 1.54) is 4.57 Å². The minimum Gasteiger partial charge on any atom is -0.278 e. The first kappa shape index (κ1) is 15.0. The van der Waals surface area contributed by atoms with Gasteiger partial charge in [-0.15, -0.1) is 0 Å². The van der Waals surface area contributed by atoms with E-state index in [1.807, 2.05) is 30.3 Å². The van der Waals surface area contributed by atoms with Gasteiger partial charge in [-0.1, -0.05) is 103 Å². The van der Waals surface area contributed by atoms with Gasteiger partial charge in [0, 0.05) is 21.9 Å². The highest BCUT2D eigenvalue weighted by Gasteiger charge is 2.19. The molecule has 39 heavy (non-hydrogen) atoms. The van der Waals surface area contributed by atoms with Crippen LogP contribution in [0.5, 0.6) is 0 Å². The van der Waals surface area contributed by atoms with Crippen molar-refractivity contribution in [2.45, 2.75) is 0 Å². The van der Waals surface area contributed by atoms with Crippen LogP contribution in [0.15, 0.2) is 127 Å². The van der Waals surface area contributed by atoms with Gasteiger partial charge in [0.1, 0.15) is 0 Å². The molecular formula is C34H21N5. The molecule has 7 aromatic rings. The Morgan fingerprint density at radius 1 is 0.641 bits per heavy atom. The van der Waals surface area contributed by atoms with Crippen molar-refractivity contribution in [3.63, 3.8) is 0 Å². The van der Waals surface area contributed by atoms with Crippen LogP contribution in [0.1, 0.15) is 17.9 Å². The second-order valence-electron chi connectivity index (χ2n) is 8.60. The second-order valence-corrected chi connectivity index (χ2v) is 8.60. The van der Waals surface area contributed by atoms with Gasteiger partial charge in [0.25, 0.3) is 0 Å². The highest BCUT2D eigenvalue weighted by molar-refractivity contribution is 6.15. The monoisotopic (exact) mass is 508 g/mol. The molecule has 0 N–H and O–H groups in total. The summed E-state index contributed by atoms with van der Waals surface area (Å²) in [5.41, 5.74) is 1.93. The molecule has 0 spiro atoms. The summed E-state index contributed by atoms with van der Waals surface area (Å²) in [6, 6.07) is 18.4. The lowest BCUT2D eigenvalue weighted by Gasteiger charge is -2.11. The zero-order valence-corrected chi connectivity index (χ0v) is 20.2. The van der Waals surface area contributed by atoms with E-state index in [1.54, 1.807) is 42.5 Å². The molecule has 0 aliphatic carbocycles. The summed E-state index contributed by atoms with van der Waals surface area (Å²) in [7, 11) is 0. The fraction of sp³-hybridized carbons (Fsp3) is 0. The van der Waals surface area contributed by atoms with Gasteiger partial charge >= 0.3 is 0 Å². The predicted octanol–water partition coefficient (Wildman–Crippen LogP) is 7.84. The summed E-state index contributed by atoms with van der Waals surface area (Å²) in [4.78, 5) is 14.2. The Morgan fingerprint density at radius 2 is 1.36 bits per heavy atom. The molecule has 0 amide bonds. The van der Waals surface area contributed by atoms with Gasteiger partial charge in [-0.05, 0) is 35.4 Å². The van der Waals surface area contributed by atoms with Crippen molar-refractivity contribution in [3.8, 4) is 45.9 Å². The van der Waals surface area contributed by atoms with Crippen molar-refractivity contribution in [3.05, 3.63) is 133 Å². The number of fused-ring (bicyclic) bond motifs is 3. The number of nitriles is 1. The third kappa shape index (κ3) is 3.92. The van der Waals surface area contributed by atoms with E-state index in [0.29, 0.717) is 22.2 Å². The first-order valence-electron chi connectivity index (χ1n) is 16.5. The molecule has 0 saturated heterocycles. The van der Waals surface area contributed by atoms with Gasteiger partial charge in [0.2, 0.25) is 5.95 Å². The lowest BCUT2D eigenvalue weighted by molar-refractivity contribution is 0.953. The van der Waals surface area contributed by atoms with E-state index in [9.17, 15) is 5.26 Å². The number of hydrogen-bond donors (Lipinski definition) is 0. The van der Waals surface area contributed by atoms with Crippen LogP contribution in [-0.4, -0.2) is 19.5 Å². The zero-order chi connectivity index (χ0) is 34.0. The Bertz CT molecular complexity index is 2500. The van der Waals surface area contributed by atoms with Crippen molar-refractivity contribution in [1.29, 1.82) is 5.26 Å². The summed E-state index contributed by atoms with van der Waals surface area (Å²) in [6.45, 7) is 0. The Balaban J connectivity index is 1.67. The van der Waals surface area contributed by atoms with E-state index < -0.39 is 42.3 Å².